The number of benzene rings is 1. The molecule has 2 unspecified atom stereocenters. The van der Waals surface area contributed by atoms with Gasteiger partial charge in [0.25, 0.3) is 0 Å². The summed E-state index contributed by atoms with van der Waals surface area (Å²) in [4.78, 5) is 17.8. The Labute approximate surface area is 208 Å². The van der Waals surface area contributed by atoms with Gasteiger partial charge < -0.3 is 20.5 Å². The molecule has 0 radical (unpaired) electrons. The van der Waals surface area contributed by atoms with Gasteiger partial charge in [-0.05, 0) is 81.2 Å². The number of ether oxygens (including phenoxy) is 2. The first-order chi connectivity index (χ1) is 17.0. The second-order valence-electron chi connectivity index (χ2n) is 8.90. The Balaban J connectivity index is 1.89. The van der Waals surface area contributed by atoms with E-state index in [1.54, 1.807) is 0 Å². The molecule has 3 aliphatic rings. The Kier molecular flexibility index (Phi) is 7.71. The average molecular weight is 474 g/mol. The van der Waals surface area contributed by atoms with E-state index < -0.39 is 0 Å². The molecule has 0 amide bonds. The van der Waals surface area contributed by atoms with Crippen LogP contribution >= 0.6 is 0 Å². The van der Waals surface area contributed by atoms with Crippen LogP contribution in [0.25, 0.3) is 5.57 Å². The Morgan fingerprint density at radius 3 is 2.69 bits per heavy atom. The van der Waals surface area contributed by atoms with Gasteiger partial charge in [0.15, 0.2) is 0 Å². The lowest BCUT2D eigenvalue weighted by atomic mass is 9.76. The summed E-state index contributed by atoms with van der Waals surface area (Å²) in [6, 6.07) is 7.69. The first-order valence-corrected chi connectivity index (χ1v) is 12.4. The number of nitrogens with two attached hydrogens (primary N) is 1. The van der Waals surface area contributed by atoms with Gasteiger partial charge in [-0.15, -0.1) is 0 Å². The van der Waals surface area contributed by atoms with Gasteiger partial charge in [-0.2, -0.15) is 0 Å². The molecule has 4 rings (SSSR count). The lowest BCUT2D eigenvalue weighted by Gasteiger charge is -2.38. The van der Waals surface area contributed by atoms with Crippen LogP contribution in [0, 0.1) is 5.92 Å². The van der Waals surface area contributed by atoms with Crippen LogP contribution in [0.4, 0.5) is 0 Å². The standard InChI is InChI=1S/C29H35N3O3/c1-5-31-24-16-26-22(14-18(24)3)28(23-15-19(4)25(32-6-2)17-27(23)35-26)20-10-7-8-11-21(20)29(33)34-13-9-12-30/h7-8,10-11,14-17,22,27,32H,5-6,9,12-13,30H2,1-4H3/b31-24+. The summed E-state index contributed by atoms with van der Waals surface area (Å²) >= 11 is 0. The molecule has 184 valence electrons. The molecule has 0 saturated carbocycles. The van der Waals surface area contributed by atoms with Crippen molar-refractivity contribution in [3.05, 3.63) is 87.9 Å². The zero-order chi connectivity index (χ0) is 24.9. The second kappa shape index (κ2) is 10.9. The van der Waals surface area contributed by atoms with E-state index in [-0.39, 0.29) is 18.0 Å². The normalized spacial score (nSPS) is 22.3. The van der Waals surface area contributed by atoms with Crippen LogP contribution in [0.5, 0.6) is 0 Å². The summed E-state index contributed by atoms with van der Waals surface area (Å²) in [7, 11) is 0. The van der Waals surface area contributed by atoms with E-state index in [0.717, 1.165) is 51.6 Å². The zero-order valence-corrected chi connectivity index (χ0v) is 21.1. The van der Waals surface area contributed by atoms with E-state index in [2.05, 4.69) is 55.4 Å². The van der Waals surface area contributed by atoms with Crippen LogP contribution in [0.1, 0.15) is 50.0 Å². The molecule has 0 bridgehead atoms. The molecule has 0 aromatic heterocycles. The third-order valence-corrected chi connectivity index (χ3v) is 6.43. The van der Waals surface area contributed by atoms with Crippen molar-refractivity contribution in [3.8, 4) is 0 Å². The predicted molar refractivity (Wildman–Crippen MR) is 141 cm³/mol. The van der Waals surface area contributed by atoms with E-state index in [1.165, 1.54) is 0 Å². The maximum atomic E-state index is 13.1. The molecule has 6 heteroatoms. The summed E-state index contributed by atoms with van der Waals surface area (Å²) in [6.07, 6.45) is 8.94. The number of nitrogens with zero attached hydrogens (tertiary/aromatic N) is 1. The number of likely N-dealkylation sites (N-methyl/N-ethyl adjacent to an activating group) is 1. The molecule has 3 N–H and O–H groups in total. The van der Waals surface area contributed by atoms with Gasteiger partial charge in [0.05, 0.1) is 23.8 Å². The fourth-order valence-electron chi connectivity index (χ4n) is 4.78. The molecule has 1 heterocycles. The maximum absolute atomic E-state index is 13.1. The molecule has 2 aliphatic carbocycles. The number of fused-ring (bicyclic) bond motifs is 2. The minimum atomic E-state index is -0.333. The molecule has 1 aliphatic heterocycles. The highest BCUT2D eigenvalue weighted by atomic mass is 16.5. The molecule has 1 aromatic carbocycles. The first kappa shape index (κ1) is 24.7. The van der Waals surface area contributed by atoms with Crippen molar-refractivity contribution in [3.63, 3.8) is 0 Å². The first-order valence-electron chi connectivity index (χ1n) is 12.4. The molecular weight excluding hydrogens is 438 g/mol. The van der Waals surface area contributed by atoms with Gasteiger partial charge in [-0.1, -0.05) is 24.3 Å². The molecule has 0 fully saturated rings. The van der Waals surface area contributed by atoms with E-state index >= 15 is 0 Å². The van der Waals surface area contributed by atoms with Gasteiger partial charge in [0.1, 0.15) is 11.9 Å². The molecule has 35 heavy (non-hydrogen) atoms. The number of carbonyl (C=O) groups is 1. The number of carbonyl (C=O) groups excluding carboxylic acids is 1. The van der Waals surface area contributed by atoms with Crippen LogP contribution < -0.4 is 11.1 Å². The Morgan fingerprint density at radius 1 is 1.14 bits per heavy atom. The number of hydrogen-bond acceptors (Lipinski definition) is 6. The second-order valence-corrected chi connectivity index (χ2v) is 8.90. The lowest BCUT2D eigenvalue weighted by molar-refractivity contribution is 0.0502. The highest BCUT2D eigenvalue weighted by Crippen LogP contribution is 2.46. The molecule has 6 nitrogen and oxygen atoms in total. The third kappa shape index (κ3) is 5.03. The quantitative estimate of drug-likeness (QED) is 0.422. The number of hydrogen-bond donors (Lipinski definition) is 2. The third-order valence-electron chi connectivity index (χ3n) is 6.43. The Morgan fingerprint density at radius 2 is 1.94 bits per heavy atom. The van der Waals surface area contributed by atoms with Crippen molar-refractivity contribution in [2.24, 2.45) is 16.6 Å². The molecular formula is C29H35N3O3. The molecule has 1 aromatic rings. The van der Waals surface area contributed by atoms with Crippen molar-refractivity contribution in [1.82, 2.24) is 5.32 Å². The summed E-state index contributed by atoms with van der Waals surface area (Å²) in [5, 5.41) is 3.44. The fraction of sp³-hybridized carbons (Fsp3) is 0.379. The Hall–Kier alpha value is -3.38. The monoisotopic (exact) mass is 473 g/mol. The van der Waals surface area contributed by atoms with Gasteiger partial charge in [-0.3, -0.25) is 4.99 Å². The van der Waals surface area contributed by atoms with Crippen LogP contribution in [-0.2, 0) is 9.47 Å². The summed E-state index contributed by atoms with van der Waals surface area (Å²) < 4.78 is 12.1. The Bertz CT molecular complexity index is 1180. The van der Waals surface area contributed by atoms with Crippen LogP contribution in [0.3, 0.4) is 0 Å². The van der Waals surface area contributed by atoms with E-state index in [9.17, 15) is 4.79 Å². The number of nitrogens with one attached hydrogen (secondary N) is 1. The zero-order valence-electron chi connectivity index (χ0n) is 21.1. The maximum Gasteiger partial charge on any atom is 0.338 e. The topological polar surface area (TPSA) is 85.9 Å². The highest BCUT2D eigenvalue weighted by molar-refractivity contribution is 6.10. The number of esters is 1. The number of allylic oxidation sites excluding steroid dienone is 4. The largest absolute Gasteiger partial charge is 0.485 e. The van der Waals surface area contributed by atoms with Crippen molar-refractivity contribution in [2.75, 3.05) is 26.2 Å². The fourth-order valence-corrected chi connectivity index (χ4v) is 4.78. The van der Waals surface area contributed by atoms with Crippen molar-refractivity contribution < 1.29 is 14.3 Å². The number of aliphatic imine (C=N–C) groups is 1. The van der Waals surface area contributed by atoms with Crippen molar-refractivity contribution >= 4 is 17.3 Å². The lowest BCUT2D eigenvalue weighted by Crippen LogP contribution is -2.31. The van der Waals surface area contributed by atoms with Gasteiger partial charge >= 0.3 is 5.97 Å². The van der Waals surface area contributed by atoms with Gasteiger partial charge in [-0.25, -0.2) is 4.79 Å². The van der Waals surface area contributed by atoms with E-state index in [4.69, 9.17) is 15.2 Å². The SMILES string of the molecule is CC/N=C1\C=C2OC3C=C(NCC)C(C)=CC3=C(c3ccccc3C(=O)OCCCN)C2C=C1C. The van der Waals surface area contributed by atoms with Gasteiger partial charge in [0.2, 0.25) is 0 Å². The van der Waals surface area contributed by atoms with Crippen molar-refractivity contribution in [2.45, 2.75) is 40.2 Å². The van der Waals surface area contributed by atoms with Gasteiger partial charge in [0, 0.05) is 30.4 Å². The molecule has 0 saturated heterocycles. The molecule has 2 atom stereocenters. The smallest absolute Gasteiger partial charge is 0.338 e. The van der Waals surface area contributed by atoms with Crippen molar-refractivity contribution in [1.29, 1.82) is 0 Å². The summed E-state index contributed by atoms with van der Waals surface area (Å²) in [5.41, 5.74) is 13.4. The van der Waals surface area contributed by atoms with Crippen LogP contribution in [-0.4, -0.2) is 44.0 Å². The summed E-state index contributed by atoms with van der Waals surface area (Å²) in [5.74, 6) is 0.395. The summed E-state index contributed by atoms with van der Waals surface area (Å²) in [6.45, 7) is 10.6. The van der Waals surface area contributed by atoms with E-state index in [1.807, 2.05) is 31.2 Å². The minimum absolute atomic E-state index is 0.117. The highest BCUT2D eigenvalue weighted by Gasteiger charge is 2.38. The van der Waals surface area contributed by atoms with Crippen LogP contribution in [0.2, 0.25) is 0 Å². The molecule has 0 spiro atoms. The minimum Gasteiger partial charge on any atom is -0.485 e. The van der Waals surface area contributed by atoms with Crippen LogP contribution in [0.15, 0.2) is 81.7 Å². The van der Waals surface area contributed by atoms with E-state index in [0.29, 0.717) is 31.7 Å². The predicted octanol–water partition coefficient (Wildman–Crippen LogP) is 4.72. The average Bonchev–Trinajstić information content (AvgIpc) is 2.85. The number of rotatable bonds is 8.